The summed E-state index contributed by atoms with van der Waals surface area (Å²) in [5, 5.41) is 3.15. The lowest BCUT2D eigenvalue weighted by Gasteiger charge is -2.26. The molecule has 0 saturated carbocycles. The molecule has 7 nitrogen and oxygen atoms in total. The quantitative estimate of drug-likeness (QED) is 0.313. The van der Waals surface area contributed by atoms with E-state index in [0.29, 0.717) is 30.5 Å². The topological polar surface area (TPSA) is 81.3 Å². The second kappa shape index (κ2) is 12.6. The van der Waals surface area contributed by atoms with Gasteiger partial charge in [0.05, 0.1) is 34.0 Å². The van der Waals surface area contributed by atoms with Gasteiger partial charge in [0, 0.05) is 26.2 Å². The number of ether oxygens (including phenoxy) is 3. The molecular formula is C22H31IN4O3. The molecule has 2 aromatic carbocycles. The van der Waals surface area contributed by atoms with E-state index in [1.54, 1.807) is 14.2 Å². The summed E-state index contributed by atoms with van der Waals surface area (Å²) in [7, 11) is 3.24. The Labute approximate surface area is 195 Å². The number of aliphatic imine (C=N–C) groups is 1. The van der Waals surface area contributed by atoms with Gasteiger partial charge in [-0.15, -0.1) is 24.0 Å². The lowest BCUT2D eigenvalue weighted by atomic mass is 10.1. The number of halogens is 1. The Hall–Kier alpha value is -2.04. The van der Waals surface area contributed by atoms with E-state index in [2.05, 4.69) is 39.5 Å². The highest BCUT2D eigenvalue weighted by atomic mass is 127. The minimum absolute atomic E-state index is 0. The van der Waals surface area contributed by atoms with Crippen LogP contribution in [-0.4, -0.2) is 51.4 Å². The monoisotopic (exact) mass is 526 g/mol. The van der Waals surface area contributed by atoms with Crippen LogP contribution >= 0.6 is 24.0 Å². The number of methoxy groups -OCH3 is 2. The first kappa shape index (κ1) is 24.2. The first-order chi connectivity index (χ1) is 14.2. The van der Waals surface area contributed by atoms with Gasteiger partial charge in [0.2, 0.25) is 0 Å². The largest absolute Gasteiger partial charge is 0.493 e. The van der Waals surface area contributed by atoms with Crippen LogP contribution < -0.4 is 20.5 Å². The van der Waals surface area contributed by atoms with Gasteiger partial charge in [-0.3, -0.25) is 4.90 Å². The molecule has 0 aliphatic carbocycles. The Kier molecular flexibility index (Phi) is 10.2. The van der Waals surface area contributed by atoms with E-state index in [9.17, 15) is 0 Å². The van der Waals surface area contributed by atoms with Crippen molar-refractivity contribution in [1.82, 2.24) is 10.2 Å². The number of hydrogen-bond acceptors (Lipinski definition) is 5. The number of nitrogens with zero attached hydrogens (tertiary/aromatic N) is 2. The van der Waals surface area contributed by atoms with Crippen LogP contribution in [0.1, 0.15) is 16.7 Å². The highest BCUT2D eigenvalue weighted by Gasteiger charge is 2.10. The van der Waals surface area contributed by atoms with Gasteiger partial charge in [0.1, 0.15) is 0 Å². The molecule has 1 saturated heterocycles. The Bertz CT molecular complexity index is 826. The predicted octanol–water partition coefficient (Wildman–Crippen LogP) is 2.76. The number of benzene rings is 2. The summed E-state index contributed by atoms with van der Waals surface area (Å²) in [5.74, 6) is 1.81. The number of morpholine rings is 1. The van der Waals surface area contributed by atoms with Crippen LogP contribution in [0.4, 0.5) is 0 Å². The molecule has 0 spiro atoms. The molecule has 8 heteroatoms. The van der Waals surface area contributed by atoms with Crippen molar-refractivity contribution < 1.29 is 14.2 Å². The molecule has 0 aromatic heterocycles. The van der Waals surface area contributed by atoms with Gasteiger partial charge in [-0.05, 0) is 28.8 Å². The smallest absolute Gasteiger partial charge is 0.189 e. The molecule has 30 heavy (non-hydrogen) atoms. The molecule has 0 atom stereocenters. The Morgan fingerprint density at radius 1 is 1.03 bits per heavy atom. The average Bonchev–Trinajstić information content (AvgIpc) is 2.77. The summed E-state index contributed by atoms with van der Waals surface area (Å²) < 4.78 is 16.0. The molecule has 0 unspecified atom stereocenters. The van der Waals surface area contributed by atoms with Crippen molar-refractivity contribution >= 4 is 29.9 Å². The van der Waals surface area contributed by atoms with Crippen molar-refractivity contribution in [2.75, 3.05) is 40.5 Å². The van der Waals surface area contributed by atoms with Crippen LogP contribution in [0, 0.1) is 0 Å². The SMILES string of the molecule is COc1ccc(CNC(N)=NCc2cccc(CN3CCOCC3)c2)cc1OC.I. The molecule has 1 aliphatic rings. The predicted molar refractivity (Wildman–Crippen MR) is 130 cm³/mol. The molecule has 0 amide bonds. The molecule has 3 N–H and O–H groups in total. The number of guanidine groups is 1. The standard InChI is InChI=1S/C22H30N4O3.HI/c1-27-20-7-6-18(13-21(20)28-2)15-25-22(23)24-14-17-4-3-5-19(12-17)16-26-8-10-29-11-9-26;/h3-7,12-13H,8-11,14-16H2,1-2H3,(H3,23,24,25);1H. The van der Waals surface area contributed by atoms with E-state index < -0.39 is 0 Å². The fraction of sp³-hybridized carbons (Fsp3) is 0.409. The van der Waals surface area contributed by atoms with Gasteiger partial charge >= 0.3 is 0 Å². The number of hydrogen-bond donors (Lipinski definition) is 2. The van der Waals surface area contributed by atoms with Crippen LogP contribution in [0.3, 0.4) is 0 Å². The van der Waals surface area contributed by atoms with Gasteiger partial charge in [-0.25, -0.2) is 4.99 Å². The Morgan fingerprint density at radius 2 is 1.77 bits per heavy atom. The number of nitrogens with two attached hydrogens (primary N) is 1. The van der Waals surface area contributed by atoms with E-state index >= 15 is 0 Å². The van der Waals surface area contributed by atoms with Crippen LogP contribution in [0.2, 0.25) is 0 Å². The van der Waals surface area contributed by atoms with Gasteiger partial charge in [-0.1, -0.05) is 30.3 Å². The van der Waals surface area contributed by atoms with Crippen LogP contribution in [-0.2, 0) is 24.4 Å². The molecule has 0 bridgehead atoms. The zero-order chi connectivity index (χ0) is 20.5. The Balaban J connectivity index is 0.00000320. The van der Waals surface area contributed by atoms with Gasteiger partial charge < -0.3 is 25.3 Å². The maximum absolute atomic E-state index is 6.04. The molecule has 2 aromatic rings. The van der Waals surface area contributed by atoms with Crippen molar-refractivity contribution in [1.29, 1.82) is 0 Å². The van der Waals surface area contributed by atoms with E-state index in [4.69, 9.17) is 19.9 Å². The molecule has 1 heterocycles. The normalized spacial score (nSPS) is 14.7. The van der Waals surface area contributed by atoms with Crippen LogP contribution in [0.25, 0.3) is 0 Å². The summed E-state index contributed by atoms with van der Waals surface area (Å²) in [4.78, 5) is 6.88. The maximum Gasteiger partial charge on any atom is 0.189 e. The molecular weight excluding hydrogens is 495 g/mol. The van der Waals surface area contributed by atoms with Crippen LogP contribution in [0.5, 0.6) is 11.5 Å². The second-order valence-corrected chi connectivity index (χ2v) is 6.95. The van der Waals surface area contributed by atoms with E-state index in [0.717, 1.165) is 44.0 Å². The zero-order valence-corrected chi connectivity index (χ0v) is 19.9. The third-order valence-corrected chi connectivity index (χ3v) is 4.85. The molecule has 3 rings (SSSR count). The average molecular weight is 526 g/mol. The molecule has 0 radical (unpaired) electrons. The molecule has 1 aliphatic heterocycles. The summed E-state index contributed by atoms with van der Waals surface area (Å²) in [5.41, 5.74) is 9.51. The van der Waals surface area contributed by atoms with Crippen LogP contribution in [0.15, 0.2) is 47.5 Å². The summed E-state index contributed by atoms with van der Waals surface area (Å²) in [6.45, 7) is 5.63. The lowest BCUT2D eigenvalue weighted by molar-refractivity contribution is 0.0342. The van der Waals surface area contributed by atoms with Crippen molar-refractivity contribution in [3.8, 4) is 11.5 Å². The first-order valence-electron chi connectivity index (χ1n) is 9.80. The van der Waals surface area contributed by atoms with E-state index in [-0.39, 0.29) is 24.0 Å². The van der Waals surface area contributed by atoms with Gasteiger partial charge in [0.25, 0.3) is 0 Å². The van der Waals surface area contributed by atoms with Crippen molar-refractivity contribution in [2.45, 2.75) is 19.6 Å². The molecule has 1 fully saturated rings. The van der Waals surface area contributed by atoms with E-state index in [1.165, 1.54) is 5.56 Å². The Morgan fingerprint density at radius 3 is 2.50 bits per heavy atom. The third-order valence-electron chi connectivity index (χ3n) is 4.85. The second-order valence-electron chi connectivity index (χ2n) is 6.95. The minimum Gasteiger partial charge on any atom is -0.493 e. The summed E-state index contributed by atoms with van der Waals surface area (Å²) in [6.07, 6.45) is 0. The fourth-order valence-corrected chi connectivity index (χ4v) is 3.26. The summed E-state index contributed by atoms with van der Waals surface area (Å²) in [6, 6.07) is 14.3. The van der Waals surface area contributed by atoms with Gasteiger partial charge in [-0.2, -0.15) is 0 Å². The third kappa shape index (κ3) is 7.33. The lowest BCUT2D eigenvalue weighted by Crippen LogP contribution is -2.35. The zero-order valence-electron chi connectivity index (χ0n) is 17.6. The first-order valence-corrected chi connectivity index (χ1v) is 9.80. The molecule has 164 valence electrons. The van der Waals surface area contributed by atoms with Gasteiger partial charge in [0.15, 0.2) is 17.5 Å². The highest BCUT2D eigenvalue weighted by molar-refractivity contribution is 14.0. The van der Waals surface area contributed by atoms with Crippen molar-refractivity contribution in [3.63, 3.8) is 0 Å². The fourth-order valence-electron chi connectivity index (χ4n) is 3.26. The number of nitrogens with one attached hydrogen (secondary N) is 1. The van der Waals surface area contributed by atoms with Crippen molar-refractivity contribution in [2.24, 2.45) is 10.7 Å². The maximum atomic E-state index is 6.04. The number of rotatable bonds is 8. The highest BCUT2D eigenvalue weighted by Crippen LogP contribution is 2.27. The van der Waals surface area contributed by atoms with Crippen molar-refractivity contribution in [3.05, 3.63) is 59.2 Å². The summed E-state index contributed by atoms with van der Waals surface area (Å²) >= 11 is 0. The minimum atomic E-state index is 0. The van der Waals surface area contributed by atoms with E-state index in [1.807, 2.05) is 18.2 Å².